The van der Waals surface area contributed by atoms with Crippen molar-refractivity contribution in [3.8, 4) is 0 Å². The minimum absolute atomic E-state index is 0.299. The number of hydrogen-bond acceptors (Lipinski definition) is 2. The van der Waals surface area contributed by atoms with E-state index in [4.69, 9.17) is 12.2 Å². The molecule has 3 rings (SSSR count). The molecule has 0 spiro atoms. The Balaban J connectivity index is 2.00. The molecule has 0 fully saturated rings. The van der Waals surface area contributed by atoms with Gasteiger partial charge in [-0.05, 0) is 56.2 Å². The zero-order chi connectivity index (χ0) is 18.8. The Morgan fingerprint density at radius 3 is 2.62 bits per heavy atom. The van der Waals surface area contributed by atoms with Crippen LogP contribution in [-0.4, -0.2) is 11.0 Å². The number of aryl methyl sites for hydroxylation is 2. The van der Waals surface area contributed by atoms with Crippen LogP contribution in [0, 0.1) is 19.7 Å². The fourth-order valence-corrected chi connectivity index (χ4v) is 3.27. The number of carbonyl (C=O) groups is 1. The average Bonchev–Trinajstić information content (AvgIpc) is 2.57. The van der Waals surface area contributed by atoms with Crippen molar-refractivity contribution in [3.05, 3.63) is 76.2 Å². The van der Waals surface area contributed by atoms with Gasteiger partial charge in [0.2, 0.25) is 0 Å². The molecule has 2 aromatic carbocycles. The fourth-order valence-electron chi connectivity index (χ4n) is 3.00. The van der Waals surface area contributed by atoms with Gasteiger partial charge in [0, 0.05) is 16.9 Å². The Kier molecular flexibility index (Phi) is 5.04. The number of halogens is 1. The van der Waals surface area contributed by atoms with Gasteiger partial charge in [-0.3, -0.25) is 4.79 Å². The summed E-state index contributed by atoms with van der Waals surface area (Å²) < 4.78 is 14.4. The highest BCUT2D eigenvalue weighted by Crippen LogP contribution is 2.30. The van der Waals surface area contributed by atoms with Crippen molar-refractivity contribution in [3.63, 3.8) is 0 Å². The highest BCUT2D eigenvalue weighted by atomic mass is 32.1. The van der Waals surface area contributed by atoms with Crippen molar-refractivity contribution in [2.24, 2.45) is 0 Å². The van der Waals surface area contributed by atoms with Crippen LogP contribution in [0.3, 0.4) is 0 Å². The summed E-state index contributed by atoms with van der Waals surface area (Å²) in [5.41, 5.74) is 4.12. The lowest BCUT2D eigenvalue weighted by molar-refractivity contribution is -0.113. The first-order valence-electron chi connectivity index (χ1n) is 8.28. The van der Waals surface area contributed by atoms with Crippen LogP contribution in [0.4, 0.5) is 10.1 Å². The average molecular weight is 369 g/mol. The second-order valence-corrected chi connectivity index (χ2v) is 6.77. The van der Waals surface area contributed by atoms with Crippen LogP contribution in [0.5, 0.6) is 0 Å². The molecule has 6 heteroatoms. The Bertz CT molecular complexity index is 923. The van der Waals surface area contributed by atoms with Gasteiger partial charge in [0.1, 0.15) is 5.82 Å². The van der Waals surface area contributed by atoms with E-state index >= 15 is 0 Å². The normalized spacial score (nSPS) is 16.8. The molecule has 26 heavy (non-hydrogen) atoms. The molecule has 134 valence electrons. The molecule has 0 unspecified atom stereocenters. The lowest BCUT2D eigenvalue weighted by Gasteiger charge is -2.30. The minimum Gasteiger partial charge on any atom is -0.351 e. The molecule has 0 bridgehead atoms. The summed E-state index contributed by atoms with van der Waals surface area (Å²) in [7, 11) is 0. The molecule has 0 saturated carbocycles. The number of rotatable bonds is 3. The van der Waals surface area contributed by atoms with Crippen molar-refractivity contribution in [1.29, 1.82) is 0 Å². The number of nitrogens with one attached hydrogen (secondary N) is 3. The van der Waals surface area contributed by atoms with Gasteiger partial charge in [-0.15, -0.1) is 0 Å². The van der Waals surface area contributed by atoms with Crippen LogP contribution in [0.25, 0.3) is 0 Å². The maximum absolute atomic E-state index is 14.4. The quantitative estimate of drug-likeness (QED) is 0.719. The van der Waals surface area contributed by atoms with Gasteiger partial charge in [-0.25, -0.2) is 4.39 Å². The Morgan fingerprint density at radius 2 is 1.88 bits per heavy atom. The first-order valence-corrected chi connectivity index (χ1v) is 8.69. The lowest BCUT2D eigenvalue weighted by atomic mass is 9.94. The predicted octanol–water partition coefficient (Wildman–Crippen LogP) is 3.87. The van der Waals surface area contributed by atoms with Gasteiger partial charge in [0.05, 0.1) is 11.6 Å². The van der Waals surface area contributed by atoms with Crippen LogP contribution in [0.2, 0.25) is 0 Å². The topological polar surface area (TPSA) is 53.2 Å². The van der Waals surface area contributed by atoms with Crippen LogP contribution in [-0.2, 0) is 4.79 Å². The van der Waals surface area contributed by atoms with Crippen LogP contribution < -0.4 is 16.0 Å². The molecule has 3 N–H and O–H groups in total. The molecule has 0 aliphatic carbocycles. The van der Waals surface area contributed by atoms with Gasteiger partial charge < -0.3 is 16.0 Å². The highest BCUT2D eigenvalue weighted by molar-refractivity contribution is 7.80. The molecule has 2 aromatic rings. The molecule has 1 amide bonds. The SMILES string of the molecule is CC1=C(C(=O)Nc2cc(C)ccc2C)[C@@H](c2ccccc2F)NC(=S)N1. The Hall–Kier alpha value is -2.73. The first kappa shape index (κ1) is 18.1. The molecule has 4 nitrogen and oxygen atoms in total. The van der Waals surface area contributed by atoms with Crippen molar-refractivity contribution in [2.75, 3.05) is 5.32 Å². The number of thiocarbonyl (C=S) groups is 1. The molecular formula is C20H20FN3OS. The lowest BCUT2D eigenvalue weighted by Crippen LogP contribution is -2.46. The first-order chi connectivity index (χ1) is 12.4. The maximum atomic E-state index is 14.4. The fraction of sp³-hybridized carbons (Fsp3) is 0.200. The third-order valence-electron chi connectivity index (χ3n) is 4.37. The molecule has 1 atom stereocenters. The second kappa shape index (κ2) is 7.25. The summed E-state index contributed by atoms with van der Waals surface area (Å²) in [6.07, 6.45) is 0. The summed E-state index contributed by atoms with van der Waals surface area (Å²) in [4.78, 5) is 13.0. The zero-order valence-corrected chi connectivity index (χ0v) is 15.6. The van der Waals surface area contributed by atoms with Crippen molar-refractivity contribution in [2.45, 2.75) is 26.8 Å². The van der Waals surface area contributed by atoms with Crippen LogP contribution in [0.15, 0.2) is 53.7 Å². The molecule has 0 radical (unpaired) electrons. The molecule has 1 aliphatic rings. The predicted molar refractivity (Wildman–Crippen MR) is 105 cm³/mol. The van der Waals surface area contributed by atoms with E-state index in [1.54, 1.807) is 25.1 Å². The van der Waals surface area contributed by atoms with E-state index in [0.29, 0.717) is 21.9 Å². The number of anilines is 1. The van der Waals surface area contributed by atoms with Crippen LogP contribution in [0.1, 0.15) is 29.7 Å². The molecular weight excluding hydrogens is 349 g/mol. The van der Waals surface area contributed by atoms with Gasteiger partial charge in [-0.2, -0.15) is 0 Å². The number of carbonyl (C=O) groups excluding carboxylic acids is 1. The molecule has 1 heterocycles. The summed E-state index contributed by atoms with van der Waals surface area (Å²) in [6, 6.07) is 11.6. The standard InChI is InChI=1S/C20H20FN3OS/c1-11-8-9-12(2)16(10-11)23-19(25)17-13(3)22-20(26)24-18(17)14-6-4-5-7-15(14)21/h4-10,18H,1-3H3,(H,23,25)(H2,22,24,26)/t18-/m1/s1. The monoisotopic (exact) mass is 369 g/mol. The number of allylic oxidation sites excluding steroid dienone is 1. The number of amides is 1. The third-order valence-corrected chi connectivity index (χ3v) is 4.59. The van der Waals surface area contributed by atoms with E-state index in [-0.39, 0.29) is 11.7 Å². The summed E-state index contributed by atoms with van der Waals surface area (Å²) in [6.45, 7) is 5.65. The number of hydrogen-bond donors (Lipinski definition) is 3. The van der Waals surface area contributed by atoms with Gasteiger partial charge >= 0.3 is 0 Å². The Morgan fingerprint density at radius 1 is 1.15 bits per heavy atom. The molecule has 0 saturated heterocycles. The van der Waals surface area contributed by atoms with Gasteiger partial charge in [0.25, 0.3) is 5.91 Å². The second-order valence-electron chi connectivity index (χ2n) is 6.36. The Labute approximate surface area is 157 Å². The largest absolute Gasteiger partial charge is 0.351 e. The minimum atomic E-state index is -0.657. The number of benzene rings is 2. The van der Waals surface area contributed by atoms with E-state index in [1.807, 2.05) is 32.0 Å². The highest BCUT2D eigenvalue weighted by Gasteiger charge is 2.31. The van der Waals surface area contributed by atoms with E-state index < -0.39 is 6.04 Å². The maximum Gasteiger partial charge on any atom is 0.255 e. The van der Waals surface area contributed by atoms with Crippen molar-refractivity contribution < 1.29 is 9.18 Å². The van der Waals surface area contributed by atoms with Crippen molar-refractivity contribution >= 4 is 28.9 Å². The van der Waals surface area contributed by atoms with Gasteiger partial charge in [0.15, 0.2) is 5.11 Å². The van der Waals surface area contributed by atoms with Crippen LogP contribution >= 0.6 is 12.2 Å². The van der Waals surface area contributed by atoms with Crippen molar-refractivity contribution in [1.82, 2.24) is 10.6 Å². The summed E-state index contributed by atoms with van der Waals surface area (Å²) >= 11 is 5.20. The van der Waals surface area contributed by atoms with E-state index in [2.05, 4.69) is 16.0 Å². The third kappa shape index (κ3) is 3.60. The summed E-state index contributed by atoms with van der Waals surface area (Å²) in [5, 5.41) is 9.27. The molecule has 0 aromatic heterocycles. The molecule has 1 aliphatic heterocycles. The smallest absolute Gasteiger partial charge is 0.255 e. The van der Waals surface area contributed by atoms with E-state index in [0.717, 1.165) is 16.8 Å². The van der Waals surface area contributed by atoms with Gasteiger partial charge in [-0.1, -0.05) is 30.3 Å². The van der Waals surface area contributed by atoms with E-state index in [9.17, 15) is 9.18 Å². The summed E-state index contributed by atoms with van der Waals surface area (Å²) in [5.74, 6) is -0.688. The van der Waals surface area contributed by atoms with E-state index in [1.165, 1.54) is 6.07 Å². The zero-order valence-electron chi connectivity index (χ0n) is 14.8.